The molecule has 2 aromatic rings. The Balaban J connectivity index is 2.18. The molecule has 0 aliphatic carbocycles. The van der Waals surface area contributed by atoms with Crippen molar-refractivity contribution < 1.29 is 13.9 Å². The first-order valence-electron chi connectivity index (χ1n) is 5.57. The topological polar surface area (TPSA) is 32.3 Å². The molecule has 0 bridgehead atoms. The maximum atomic E-state index is 13.5. The molecule has 0 saturated heterocycles. The van der Waals surface area contributed by atoms with Crippen LogP contribution in [0.15, 0.2) is 42.5 Å². The smallest absolute Gasteiger partial charge is 0.128 e. The van der Waals surface area contributed by atoms with E-state index in [1.54, 1.807) is 19.1 Å². The fourth-order valence-electron chi connectivity index (χ4n) is 1.73. The van der Waals surface area contributed by atoms with Crippen LogP contribution < -0.4 is 5.32 Å². The van der Waals surface area contributed by atoms with Crippen molar-refractivity contribution >= 4 is 5.69 Å². The third kappa shape index (κ3) is 2.77. The third-order valence-corrected chi connectivity index (χ3v) is 2.68. The van der Waals surface area contributed by atoms with Crippen molar-refractivity contribution in [3.05, 3.63) is 59.7 Å². The molecule has 4 heteroatoms. The summed E-state index contributed by atoms with van der Waals surface area (Å²) >= 11 is 0. The molecule has 0 saturated carbocycles. The van der Waals surface area contributed by atoms with Crippen LogP contribution in [0.3, 0.4) is 0 Å². The first-order valence-corrected chi connectivity index (χ1v) is 5.57. The van der Waals surface area contributed by atoms with Gasteiger partial charge in [-0.1, -0.05) is 0 Å². The lowest BCUT2D eigenvalue weighted by Crippen LogP contribution is -2.08. The van der Waals surface area contributed by atoms with E-state index in [9.17, 15) is 8.78 Å². The molecule has 1 atom stereocenters. The van der Waals surface area contributed by atoms with E-state index in [0.29, 0.717) is 0 Å². The lowest BCUT2D eigenvalue weighted by Gasteiger charge is -2.16. The van der Waals surface area contributed by atoms with Crippen molar-refractivity contribution in [2.24, 2.45) is 0 Å². The van der Waals surface area contributed by atoms with Gasteiger partial charge in [0, 0.05) is 11.3 Å². The number of nitrogens with one attached hydrogen (secondary N) is 1. The normalized spacial score (nSPS) is 12.2. The molecule has 0 radical (unpaired) electrons. The van der Waals surface area contributed by atoms with Gasteiger partial charge in [0.15, 0.2) is 0 Å². The second kappa shape index (κ2) is 5.04. The second-order valence-corrected chi connectivity index (χ2v) is 4.08. The number of phenols is 1. The molecule has 18 heavy (non-hydrogen) atoms. The molecule has 2 rings (SSSR count). The van der Waals surface area contributed by atoms with Gasteiger partial charge in [-0.3, -0.25) is 0 Å². The van der Waals surface area contributed by atoms with Crippen LogP contribution in [0, 0.1) is 11.6 Å². The Labute approximate surface area is 104 Å². The first kappa shape index (κ1) is 12.4. The minimum absolute atomic E-state index is 0.158. The first-order chi connectivity index (χ1) is 8.56. The van der Waals surface area contributed by atoms with Gasteiger partial charge in [0.05, 0.1) is 6.04 Å². The van der Waals surface area contributed by atoms with Gasteiger partial charge in [0.1, 0.15) is 17.4 Å². The lowest BCUT2D eigenvalue weighted by atomic mass is 10.1. The quantitative estimate of drug-likeness (QED) is 0.810. The van der Waals surface area contributed by atoms with Crippen LogP contribution in [0.2, 0.25) is 0 Å². The Bertz CT molecular complexity index is 540. The van der Waals surface area contributed by atoms with E-state index in [1.807, 2.05) is 0 Å². The van der Waals surface area contributed by atoms with E-state index >= 15 is 0 Å². The standard InChI is InChI=1S/C14H13F2NO/c1-9(13-8-10(15)2-7-14(13)16)17-11-3-5-12(18)6-4-11/h2-9,17-18H,1H3. The molecule has 0 amide bonds. The molecule has 0 fully saturated rings. The summed E-state index contributed by atoms with van der Waals surface area (Å²) in [6, 6.07) is 9.39. The van der Waals surface area contributed by atoms with E-state index < -0.39 is 11.6 Å². The molecule has 0 aromatic heterocycles. The number of rotatable bonds is 3. The van der Waals surface area contributed by atoms with Crippen molar-refractivity contribution in [1.29, 1.82) is 0 Å². The summed E-state index contributed by atoms with van der Waals surface area (Å²) in [6.45, 7) is 1.74. The predicted molar refractivity (Wildman–Crippen MR) is 66.5 cm³/mol. The van der Waals surface area contributed by atoms with Crippen LogP contribution in [0.4, 0.5) is 14.5 Å². The largest absolute Gasteiger partial charge is 0.508 e. The summed E-state index contributed by atoms with van der Waals surface area (Å²) in [5.41, 5.74) is 0.993. The summed E-state index contributed by atoms with van der Waals surface area (Å²) in [5.74, 6) is -0.758. The highest BCUT2D eigenvalue weighted by Gasteiger charge is 2.11. The van der Waals surface area contributed by atoms with Gasteiger partial charge in [-0.25, -0.2) is 8.78 Å². The molecular weight excluding hydrogens is 236 g/mol. The van der Waals surface area contributed by atoms with Crippen molar-refractivity contribution in [3.63, 3.8) is 0 Å². The summed E-state index contributed by atoms with van der Waals surface area (Å²) < 4.78 is 26.6. The average Bonchev–Trinajstić information content (AvgIpc) is 2.35. The van der Waals surface area contributed by atoms with Crippen LogP contribution >= 0.6 is 0 Å². The Morgan fingerprint density at radius 2 is 1.72 bits per heavy atom. The monoisotopic (exact) mass is 249 g/mol. The van der Waals surface area contributed by atoms with E-state index in [1.165, 1.54) is 18.2 Å². The van der Waals surface area contributed by atoms with Crippen molar-refractivity contribution in [1.82, 2.24) is 0 Å². The Morgan fingerprint density at radius 3 is 2.39 bits per heavy atom. The van der Waals surface area contributed by atoms with Crippen LogP contribution in [0.25, 0.3) is 0 Å². The molecule has 0 spiro atoms. The number of hydrogen-bond donors (Lipinski definition) is 2. The van der Waals surface area contributed by atoms with E-state index in [0.717, 1.165) is 17.8 Å². The van der Waals surface area contributed by atoms with Gasteiger partial charge in [-0.2, -0.15) is 0 Å². The van der Waals surface area contributed by atoms with Crippen LogP contribution in [-0.4, -0.2) is 5.11 Å². The number of benzene rings is 2. The summed E-state index contributed by atoms with van der Waals surface area (Å²) in [5, 5.41) is 12.2. The Hall–Kier alpha value is -2.10. The summed E-state index contributed by atoms with van der Waals surface area (Å²) in [6.07, 6.45) is 0. The average molecular weight is 249 g/mol. The molecule has 0 aliphatic rings. The van der Waals surface area contributed by atoms with Crippen molar-refractivity contribution in [2.75, 3.05) is 5.32 Å². The maximum Gasteiger partial charge on any atom is 0.128 e. The van der Waals surface area contributed by atoms with Crippen molar-refractivity contribution in [3.8, 4) is 5.75 Å². The molecule has 1 unspecified atom stereocenters. The van der Waals surface area contributed by atoms with Gasteiger partial charge in [0.2, 0.25) is 0 Å². The number of phenolic OH excluding ortho intramolecular Hbond substituents is 1. The number of anilines is 1. The van der Waals surface area contributed by atoms with Gasteiger partial charge in [0.25, 0.3) is 0 Å². The van der Waals surface area contributed by atoms with E-state index in [4.69, 9.17) is 5.11 Å². The SMILES string of the molecule is CC(Nc1ccc(O)cc1)c1cc(F)ccc1F. The van der Waals surface area contributed by atoms with Crippen molar-refractivity contribution in [2.45, 2.75) is 13.0 Å². The fourth-order valence-corrected chi connectivity index (χ4v) is 1.73. The minimum Gasteiger partial charge on any atom is -0.508 e. The maximum absolute atomic E-state index is 13.5. The molecule has 2 nitrogen and oxygen atoms in total. The van der Waals surface area contributed by atoms with Crippen LogP contribution in [0.5, 0.6) is 5.75 Å². The molecular formula is C14H13F2NO. The van der Waals surface area contributed by atoms with Gasteiger partial charge in [-0.05, 0) is 49.4 Å². The molecule has 0 heterocycles. The predicted octanol–water partition coefficient (Wildman–Crippen LogP) is 3.84. The van der Waals surface area contributed by atoms with Gasteiger partial charge < -0.3 is 10.4 Å². The van der Waals surface area contributed by atoms with Gasteiger partial charge >= 0.3 is 0 Å². The second-order valence-electron chi connectivity index (χ2n) is 4.08. The molecule has 94 valence electrons. The summed E-state index contributed by atoms with van der Waals surface area (Å²) in [4.78, 5) is 0. The van der Waals surface area contributed by atoms with Crippen LogP contribution in [0.1, 0.15) is 18.5 Å². The Kier molecular flexibility index (Phi) is 3.46. The number of hydrogen-bond acceptors (Lipinski definition) is 2. The van der Waals surface area contributed by atoms with E-state index in [-0.39, 0.29) is 17.4 Å². The Morgan fingerprint density at radius 1 is 1.06 bits per heavy atom. The lowest BCUT2D eigenvalue weighted by molar-refractivity contribution is 0.475. The molecule has 2 aromatic carbocycles. The highest BCUT2D eigenvalue weighted by atomic mass is 19.1. The zero-order chi connectivity index (χ0) is 13.1. The fraction of sp³-hybridized carbons (Fsp3) is 0.143. The highest BCUT2D eigenvalue weighted by Crippen LogP contribution is 2.23. The van der Waals surface area contributed by atoms with E-state index in [2.05, 4.69) is 5.32 Å². The minimum atomic E-state index is -0.467. The zero-order valence-corrected chi connectivity index (χ0v) is 9.82. The summed E-state index contributed by atoms with van der Waals surface area (Å²) in [7, 11) is 0. The molecule has 0 aliphatic heterocycles. The zero-order valence-electron chi connectivity index (χ0n) is 9.82. The third-order valence-electron chi connectivity index (χ3n) is 2.68. The number of halogens is 2. The molecule has 2 N–H and O–H groups in total. The highest BCUT2D eigenvalue weighted by molar-refractivity contribution is 5.47. The number of aromatic hydroxyl groups is 1. The van der Waals surface area contributed by atoms with Gasteiger partial charge in [-0.15, -0.1) is 0 Å². The van der Waals surface area contributed by atoms with Crippen LogP contribution in [-0.2, 0) is 0 Å².